The van der Waals surface area contributed by atoms with Crippen molar-refractivity contribution in [1.29, 1.82) is 0 Å². The van der Waals surface area contributed by atoms with E-state index in [4.69, 9.17) is 4.42 Å². The van der Waals surface area contributed by atoms with Crippen LogP contribution in [-0.2, 0) is 17.5 Å². The fraction of sp³-hybridized carbons (Fsp3) is 0.0909. The molecule has 9 heteroatoms. The summed E-state index contributed by atoms with van der Waals surface area (Å²) < 4.78 is 57.4. The lowest BCUT2D eigenvalue weighted by molar-refractivity contribution is -0.137. The Morgan fingerprint density at radius 2 is 1.74 bits per heavy atom. The first-order valence-corrected chi connectivity index (χ1v) is 9.79. The molecule has 31 heavy (non-hydrogen) atoms. The van der Waals surface area contributed by atoms with Gasteiger partial charge >= 0.3 is 6.18 Å². The first-order chi connectivity index (χ1) is 14.7. The monoisotopic (exact) mass is 447 g/mol. The Morgan fingerprint density at radius 1 is 1.00 bits per heavy atom. The van der Waals surface area contributed by atoms with Crippen LogP contribution in [0.3, 0.4) is 0 Å². The second-order valence-corrected chi connectivity index (χ2v) is 7.67. The molecule has 0 aliphatic carbocycles. The number of furan rings is 1. The van der Waals surface area contributed by atoms with Crippen LogP contribution in [-0.4, -0.2) is 16.0 Å². The van der Waals surface area contributed by atoms with Crippen molar-refractivity contribution >= 4 is 29.0 Å². The van der Waals surface area contributed by atoms with Gasteiger partial charge in [-0.25, -0.2) is 4.39 Å². The van der Waals surface area contributed by atoms with Gasteiger partial charge in [0.05, 0.1) is 17.0 Å². The third-order valence-electron chi connectivity index (χ3n) is 4.50. The van der Waals surface area contributed by atoms with Gasteiger partial charge in [0, 0.05) is 11.6 Å². The SMILES string of the molecule is O=C1S/C(=C/c2ccc(-c3cccc(C(F)(F)F)c3)o2)C(=O)N1Cc1ccc(F)cc1. The molecule has 4 rings (SSSR count). The van der Waals surface area contributed by atoms with Crippen molar-refractivity contribution in [3.63, 3.8) is 0 Å². The third-order valence-corrected chi connectivity index (χ3v) is 5.41. The number of imide groups is 1. The number of nitrogens with zero attached hydrogens (tertiary/aromatic N) is 1. The second-order valence-electron chi connectivity index (χ2n) is 6.67. The van der Waals surface area contributed by atoms with E-state index in [9.17, 15) is 27.2 Å². The highest BCUT2D eigenvalue weighted by Crippen LogP contribution is 2.35. The third kappa shape index (κ3) is 4.56. The molecule has 1 aliphatic heterocycles. The molecule has 1 aromatic heterocycles. The lowest BCUT2D eigenvalue weighted by Crippen LogP contribution is -2.27. The van der Waals surface area contributed by atoms with Crippen LogP contribution in [0.25, 0.3) is 17.4 Å². The Labute approximate surface area is 178 Å². The van der Waals surface area contributed by atoms with E-state index >= 15 is 0 Å². The van der Waals surface area contributed by atoms with E-state index in [-0.39, 0.29) is 28.5 Å². The average Bonchev–Trinajstić information content (AvgIpc) is 3.29. The van der Waals surface area contributed by atoms with Crippen molar-refractivity contribution in [2.45, 2.75) is 12.7 Å². The predicted molar refractivity (Wildman–Crippen MR) is 107 cm³/mol. The Balaban J connectivity index is 1.53. The van der Waals surface area contributed by atoms with Gasteiger partial charge in [-0.1, -0.05) is 24.3 Å². The quantitative estimate of drug-likeness (QED) is 0.346. The van der Waals surface area contributed by atoms with E-state index < -0.39 is 28.7 Å². The molecular weight excluding hydrogens is 434 g/mol. The van der Waals surface area contributed by atoms with Crippen LogP contribution in [0.15, 0.2) is 70.0 Å². The van der Waals surface area contributed by atoms with E-state index in [1.54, 1.807) is 0 Å². The molecular formula is C22H13F4NO3S. The normalized spacial score (nSPS) is 15.9. The van der Waals surface area contributed by atoms with E-state index in [0.29, 0.717) is 5.56 Å². The number of carbonyl (C=O) groups is 2. The van der Waals surface area contributed by atoms with Crippen molar-refractivity contribution < 1.29 is 31.6 Å². The number of carbonyl (C=O) groups excluding carboxylic acids is 2. The maximum absolute atomic E-state index is 13.0. The van der Waals surface area contributed by atoms with Crippen LogP contribution in [0.5, 0.6) is 0 Å². The van der Waals surface area contributed by atoms with Gasteiger partial charge in [-0.05, 0) is 53.7 Å². The van der Waals surface area contributed by atoms with Gasteiger partial charge < -0.3 is 4.42 Å². The Kier molecular flexibility index (Phi) is 5.45. The lowest BCUT2D eigenvalue weighted by Gasteiger charge is -2.12. The highest BCUT2D eigenvalue weighted by Gasteiger charge is 2.35. The molecule has 2 amide bonds. The van der Waals surface area contributed by atoms with E-state index in [1.165, 1.54) is 54.6 Å². The minimum Gasteiger partial charge on any atom is -0.457 e. The first-order valence-electron chi connectivity index (χ1n) is 8.98. The summed E-state index contributed by atoms with van der Waals surface area (Å²) in [6, 6.07) is 13.1. The summed E-state index contributed by atoms with van der Waals surface area (Å²) in [5.41, 5.74) is 0.0264. The number of halogens is 4. The molecule has 0 unspecified atom stereocenters. The predicted octanol–water partition coefficient (Wildman–Crippen LogP) is 6.34. The van der Waals surface area contributed by atoms with E-state index in [1.807, 2.05) is 0 Å². The molecule has 0 N–H and O–H groups in total. The molecule has 2 aromatic carbocycles. The number of alkyl halides is 3. The molecule has 158 valence electrons. The smallest absolute Gasteiger partial charge is 0.416 e. The van der Waals surface area contributed by atoms with Gasteiger partial charge in [0.1, 0.15) is 17.3 Å². The maximum atomic E-state index is 13.0. The number of benzene rings is 2. The van der Waals surface area contributed by atoms with Crippen molar-refractivity contribution in [2.75, 3.05) is 0 Å². The summed E-state index contributed by atoms with van der Waals surface area (Å²) in [4.78, 5) is 26.0. The number of rotatable bonds is 4. The number of hydrogen-bond acceptors (Lipinski definition) is 4. The average molecular weight is 447 g/mol. The summed E-state index contributed by atoms with van der Waals surface area (Å²) in [5, 5.41) is -0.481. The van der Waals surface area contributed by atoms with Crippen LogP contribution >= 0.6 is 11.8 Å². The number of amides is 2. The van der Waals surface area contributed by atoms with E-state index in [2.05, 4.69) is 0 Å². The topological polar surface area (TPSA) is 50.5 Å². The van der Waals surface area contributed by atoms with Crippen LogP contribution in [0.1, 0.15) is 16.9 Å². The van der Waals surface area contributed by atoms with Crippen LogP contribution < -0.4 is 0 Å². The zero-order chi connectivity index (χ0) is 22.2. The van der Waals surface area contributed by atoms with E-state index in [0.717, 1.165) is 28.8 Å². The molecule has 3 aromatic rings. The van der Waals surface area contributed by atoms with Crippen molar-refractivity contribution in [1.82, 2.24) is 4.90 Å². The van der Waals surface area contributed by atoms with Gasteiger partial charge in [-0.15, -0.1) is 0 Å². The molecule has 0 bridgehead atoms. The van der Waals surface area contributed by atoms with Crippen molar-refractivity contribution in [2.24, 2.45) is 0 Å². The van der Waals surface area contributed by atoms with Gasteiger partial charge in [0.15, 0.2) is 0 Å². The standard InChI is InChI=1S/C22H13F4NO3S/c23-16-6-4-13(5-7-16)12-27-20(28)19(31-21(27)29)11-17-8-9-18(30-17)14-2-1-3-15(10-14)22(24,25)26/h1-11H,12H2/b19-11+. The highest BCUT2D eigenvalue weighted by atomic mass is 32.2. The first kappa shape index (κ1) is 20.9. The molecule has 1 saturated heterocycles. The minimum atomic E-state index is -4.48. The fourth-order valence-electron chi connectivity index (χ4n) is 2.97. The Bertz CT molecular complexity index is 1180. The Hall–Kier alpha value is -3.33. The molecule has 1 fully saturated rings. The zero-order valence-corrected chi connectivity index (χ0v) is 16.5. The zero-order valence-electron chi connectivity index (χ0n) is 15.7. The molecule has 0 radical (unpaired) electrons. The van der Waals surface area contributed by atoms with Crippen LogP contribution in [0, 0.1) is 5.82 Å². The molecule has 0 atom stereocenters. The molecule has 0 spiro atoms. The number of thioether (sulfide) groups is 1. The van der Waals surface area contributed by atoms with Crippen LogP contribution in [0.2, 0.25) is 0 Å². The lowest BCUT2D eigenvalue weighted by atomic mass is 10.1. The summed E-state index contributed by atoms with van der Waals surface area (Å²) in [6.07, 6.45) is -3.11. The van der Waals surface area contributed by atoms with Crippen LogP contribution in [0.4, 0.5) is 22.4 Å². The second kappa shape index (κ2) is 8.07. The van der Waals surface area contributed by atoms with Gasteiger partial charge in [0.2, 0.25) is 0 Å². The fourth-order valence-corrected chi connectivity index (χ4v) is 3.79. The molecule has 1 aliphatic rings. The minimum absolute atomic E-state index is 0.00404. The molecule has 4 nitrogen and oxygen atoms in total. The largest absolute Gasteiger partial charge is 0.457 e. The van der Waals surface area contributed by atoms with Crippen molar-refractivity contribution in [3.8, 4) is 11.3 Å². The van der Waals surface area contributed by atoms with Gasteiger partial charge in [-0.2, -0.15) is 13.2 Å². The number of hydrogen-bond donors (Lipinski definition) is 0. The highest BCUT2D eigenvalue weighted by molar-refractivity contribution is 8.18. The molecule has 0 saturated carbocycles. The van der Waals surface area contributed by atoms with Crippen molar-refractivity contribution in [3.05, 3.63) is 88.3 Å². The summed E-state index contributed by atoms with van der Waals surface area (Å²) in [5.74, 6) is -0.536. The summed E-state index contributed by atoms with van der Waals surface area (Å²) in [7, 11) is 0. The molecule has 2 heterocycles. The maximum Gasteiger partial charge on any atom is 0.416 e. The summed E-state index contributed by atoms with van der Waals surface area (Å²) >= 11 is 0.726. The van der Waals surface area contributed by atoms with Gasteiger partial charge in [-0.3, -0.25) is 14.5 Å². The summed E-state index contributed by atoms with van der Waals surface area (Å²) in [6.45, 7) is -0.00404. The van der Waals surface area contributed by atoms with Gasteiger partial charge in [0.25, 0.3) is 11.1 Å². The Morgan fingerprint density at radius 3 is 2.45 bits per heavy atom.